The predicted molar refractivity (Wildman–Crippen MR) is 123 cm³/mol. The van der Waals surface area contributed by atoms with E-state index < -0.39 is 0 Å². The molecule has 3 aromatic rings. The molecule has 2 aromatic carbocycles. The highest BCUT2D eigenvalue weighted by Gasteiger charge is 2.12. The maximum absolute atomic E-state index is 12.5. The van der Waals surface area contributed by atoms with Crippen LogP contribution in [0.1, 0.15) is 24.0 Å². The van der Waals surface area contributed by atoms with Crippen LogP contribution < -0.4 is 16.0 Å². The topological polar surface area (TPSA) is 89.8 Å². The lowest BCUT2D eigenvalue weighted by Crippen LogP contribution is -2.24. The van der Waals surface area contributed by atoms with Crippen molar-refractivity contribution < 1.29 is 4.79 Å². The molecule has 1 saturated heterocycles. The van der Waals surface area contributed by atoms with Gasteiger partial charge in [0.15, 0.2) is 0 Å². The van der Waals surface area contributed by atoms with Gasteiger partial charge in [-0.05, 0) is 62.3 Å². The van der Waals surface area contributed by atoms with Crippen LogP contribution in [0.4, 0.5) is 17.1 Å². The first-order valence-corrected chi connectivity index (χ1v) is 10.0. The molecule has 2 heterocycles. The molecular formula is C25H21N5O. The van der Waals surface area contributed by atoms with Crippen LogP contribution in [0.15, 0.2) is 60.3 Å². The highest BCUT2D eigenvalue weighted by Crippen LogP contribution is 2.31. The Morgan fingerprint density at radius 3 is 2.77 bits per heavy atom. The number of nitrogens with one attached hydrogen (secondary N) is 3. The van der Waals surface area contributed by atoms with E-state index in [-0.39, 0.29) is 5.91 Å². The fourth-order valence-corrected chi connectivity index (χ4v) is 3.58. The van der Waals surface area contributed by atoms with Crippen molar-refractivity contribution in [3.05, 3.63) is 71.4 Å². The number of amides is 1. The van der Waals surface area contributed by atoms with Gasteiger partial charge in [0.2, 0.25) is 5.91 Å². The van der Waals surface area contributed by atoms with E-state index in [0.29, 0.717) is 22.5 Å². The highest BCUT2D eigenvalue weighted by molar-refractivity contribution is 6.03. The maximum Gasteiger partial charge on any atom is 0.248 e. The summed E-state index contributed by atoms with van der Waals surface area (Å²) in [4.78, 5) is 16.9. The molecule has 0 aliphatic carbocycles. The molecule has 1 aromatic heterocycles. The summed E-state index contributed by atoms with van der Waals surface area (Å²) in [5, 5.41) is 19.8. The van der Waals surface area contributed by atoms with Crippen LogP contribution in [0.3, 0.4) is 0 Å². The van der Waals surface area contributed by atoms with Crippen LogP contribution >= 0.6 is 0 Å². The molecule has 152 valence electrons. The number of hydrogen-bond donors (Lipinski definition) is 3. The summed E-state index contributed by atoms with van der Waals surface area (Å²) in [7, 11) is 0. The highest BCUT2D eigenvalue weighted by atomic mass is 16.1. The van der Waals surface area contributed by atoms with Crippen molar-refractivity contribution in [1.29, 1.82) is 5.26 Å². The van der Waals surface area contributed by atoms with Gasteiger partial charge >= 0.3 is 0 Å². The van der Waals surface area contributed by atoms with Crippen molar-refractivity contribution in [2.24, 2.45) is 0 Å². The lowest BCUT2D eigenvalue weighted by molar-refractivity contribution is -0.112. The second-order valence-electron chi connectivity index (χ2n) is 7.28. The fourth-order valence-electron chi connectivity index (χ4n) is 3.58. The third kappa shape index (κ3) is 4.72. The summed E-state index contributed by atoms with van der Waals surface area (Å²) >= 11 is 0. The van der Waals surface area contributed by atoms with Crippen molar-refractivity contribution >= 4 is 33.9 Å². The molecule has 1 amide bonds. The van der Waals surface area contributed by atoms with E-state index in [4.69, 9.17) is 6.42 Å². The van der Waals surface area contributed by atoms with Crippen molar-refractivity contribution in [2.45, 2.75) is 12.8 Å². The minimum Gasteiger partial charge on any atom is -0.354 e. The summed E-state index contributed by atoms with van der Waals surface area (Å²) < 4.78 is 0. The van der Waals surface area contributed by atoms with Crippen molar-refractivity contribution in [3.63, 3.8) is 0 Å². The largest absolute Gasteiger partial charge is 0.354 e. The minimum atomic E-state index is -0.156. The van der Waals surface area contributed by atoms with E-state index >= 15 is 0 Å². The Balaban J connectivity index is 1.67. The van der Waals surface area contributed by atoms with Gasteiger partial charge in [-0.25, -0.2) is 0 Å². The molecule has 0 saturated carbocycles. The van der Waals surface area contributed by atoms with Gasteiger partial charge in [0, 0.05) is 34.6 Å². The molecular weight excluding hydrogens is 386 g/mol. The molecule has 4 rings (SSSR count). The van der Waals surface area contributed by atoms with Gasteiger partial charge in [0.25, 0.3) is 0 Å². The van der Waals surface area contributed by atoms with E-state index in [1.54, 1.807) is 6.08 Å². The summed E-state index contributed by atoms with van der Waals surface area (Å²) in [5.74, 6) is 2.45. The van der Waals surface area contributed by atoms with Crippen LogP contribution in [-0.4, -0.2) is 24.0 Å². The Labute approximate surface area is 181 Å². The third-order valence-corrected chi connectivity index (χ3v) is 5.14. The second kappa shape index (κ2) is 9.13. The Bertz CT molecular complexity index is 1260. The summed E-state index contributed by atoms with van der Waals surface area (Å²) in [6.07, 6.45) is 10.5. The van der Waals surface area contributed by atoms with Gasteiger partial charge in [-0.1, -0.05) is 17.6 Å². The average molecular weight is 407 g/mol. The Morgan fingerprint density at radius 2 is 2.00 bits per heavy atom. The molecule has 1 aliphatic heterocycles. The van der Waals surface area contributed by atoms with E-state index in [1.165, 1.54) is 6.20 Å². The Kier molecular flexibility index (Phi) is 5.93. The number of anilines is 3. The normalized spacial score (nSPS) is 13.2. The number of terminal acetylenes is 1. The number of benzene rings is 2. The molecule has 0 unspecified atom stereocenters. The van der Waals surface area contributed by atoms with Crippen LogP contribution in [0.2, 0.25) is 0 Å². The van der Waals surface area contributed by atoms with Crippen LogP contribution in [0.25, 0.3) is 10.9 Å². The maximum atomic E-state index is 12.5. The molecule has 6 nitrogen and oxygen atoms in total. The van der Waals surface area contributed by atoms with E-state index in [1.807, 2.05) is 42.5 Å². The van der Waals surface area contributed by atoms with E-state index in [0.717, 1.165) is 48.1 Å². The van der Waals surface area contributed by atoms with E-state index in [9.17, 15) is 10.1 Å². The van der Waals surface area contributed by atoms with Crippen molar-refractivity contribution in [2.75, 3.05) is 23.7 Å². The molecule has 1 fully saturated rings. The smallest absolute Gasteiger partial charge is 0.248 e. The van der Waals surface area contributed by atoms with Gasteiger partial charge in [0.1, 0.15) is 6.07 Å². The van der Waals surface area contributed by atoms with Crippen LogP contribution in [0, 0.1) is 23.7 Å². The number of fused-ring (bicyclic) bond motifs is 1. The number of aromatic nitrogens is 1. The van der Waals surface area contributed by atoms with Gasteiger partial charge < -0.3 is 16.0 Å². The first-order chi connectivity index (χ1) is 15.2. The zero-order valence-corrected chi connectivity index (χ0v) is 16.9. The SMILES string of the molecule is C#Cc1cccc(Nc2c(C#N)cnc3ccc(NC(=O)C=C4CCNCC4)cc23)c1. The first kappa shape index (κ1) is 20.2. The zero-order chi connectivity index (χ0) is 21.6. The number of nitrogens with zero attached hydrogens (tertiary/aromatic N) is 2. The van der Waals surface area contributed by atoms with E-state index in [2.05, 4.69) is 32.9 Å². The third-order valence-electron chi connectivity index (χ3n) is 5.14. The van der Waals surface area contributed by atoms with Gasteiger partial charge in [-0.3, -0.25) is 9.78 Å². The number of hydrogen-bond acceptors (Lipinski definition) is 5. The van der Waals surface area contributed by atoms with Crippen molar-refractivity contribution in [3.8, 4) is 18.4 Å². The summed E-state index contributed by atoms with van der Waals surface area (Å²) in [6, 6.07) is 15.1. The number of rotatable bonds is 4. The molecule has 1 aliphatic rings. The molecule has 6 heteroatoms. The predicted octanol–water partition coefficient (Wildman–Crippen LogP) is 4.08. The number of pyridine rings is 1. The van der Waals surface area contributed by atoms with Gasteiger partial charge in [-0.2, -0.15) is 5.26 Å². The summed E-state index contributed by atoms with van der Waals surface area (Å²) in [6.45, 7) is 1.79. The second-order valence-corrected chi connectivity index (χ2v) is 7.28. The van der Waals surface area contributed by atoms with Crippen molar-refractivity contribution in [1.82, 2.24) is 10.3 Å². The molecule has 0 atom stereocenters. The summed E-state index contributed by atoms with van der Waals surface area (Å²) in [5.41, 5.74) is 5.02. The first-order valence-electron chi connectivity index (χ1n) is 10.0. The lowest BCUT2D eigenvalue weighted by atomic mass is 10.1. The number of nitriles is 1. The fraction of sp³-hybridized carbons (Fsp3) is 0.160. The minimum absolute atomic E-state index is 0.156. The number of carbonyl (C=O) groups is 1. The number of piperidine rings is 1. The Hall–Kier alpha value is -4.13. The monoisotopic (exact) mass is 407 g/mol. The molecule has 3 N–H and O–H groups in total. The molecule has 31 heavy (non-hydrogen) atoms. The Morgan fingerprint density at radius 1 is 1.16 bits per heavy atom. The van der Waals surface area contributed by atoms with Gasteiger partial charge in [-0.15, -0.1) is 6.42 Å². The standard InChI is InChI=1S/C25H21N5O/c1-2-17-4-3-5-20(12-17)30-25-19(15-26)16-28-23-7-6-21(14-22(23)25)29-24(31)13-18-8-10-27-11-9-18/h1,3-7,12-14,16,27H,8-11H2,(H,28,30)(H,29,31). The molecule has 0 bridgehead atoms. The lowest BCUT2D eigenvalue weighted by Gasteiger charge is -2.15. The average Bonchev–Trinajstić information content (AvgIpc) is 2.80. The van der Waals surface area contributed by atoms with Crippen LogP contribution in [-0.2, 0) is 4.79 Å². The van der Waals surface area contributed by atoms with Crippen LogP contribution in [0.5, 0.6) is 0 Å². The number of carbonyl (C=O) groups excluding carboxylic acids is 1. The zero-order valence-electron chi connectivity index (χ0n) is 16.9. The quantitative estimate of drug-likeness (QED) is 0.448. The van der Waals surface area contributed by atoms with Gasteiger partial charge in [0.05, 0.1) is 16.8 Å². The molecule has 0 spiro atoms. The molecule has 0 radical (unpaired) electrons.